The molecule has 1 N–H and O–H groups in total. The number of likely N-dealkylation sites (tertiary alicyclic amines) is 1. The van der Waals surface area contributed by atoms with Crippen LogP contribution in [0.1, 0.15) is 39.5 Å². The summed E-state index contributed by atoms with van der Waals surface area (Å²) in [7, 11) is 0. The van der Waals surface area contributed by atoms with Crippen LogP contribution in [0.15, 0.2) is 0 Å². The lowest BCUT2D eigenvalue weighted by molar-refractivity contribution is -0.151. The van der Waals surface area contributed by atoms with Crippen LogP contribution in [0, 0.1) is 17.3 Å². The molecular formula is C15H25NO4. The van der Waals surface area contributed by atoms with E-state index in [1.807, 2.05) is 13.8 Å². The highest BCUT2D eigenvalue weighted by atomic mass is 16.5. The van der Waals surface area contributed by atoms with Gasteiger partial charge in [-0.1, -0.05) is 13.8 Å². The zero-order valence-electron chi connectivity index (χ0n) is 12.4. The molecule has 5 nitrogen and oxygen atoms in total. The van der Waals surface area contributed by atoms with E-state index in [1.165, 1.54) is 0 Å². The van der Waals surface area contributed by atoms with Crippen LogP contribution < -0.4 is 0 Å². The molecule has 2 aliphatic rings. The Hall–Kier alpha value is -1.10. The van der Waals surface area contributed by atoms with Gasteiger partial charge in [0.15, 0.2) is 0 Å². The predicted octanol–water partition coefficient (Wildman–Crippen LogP) is 1.76. The van der Waals surface area contributed by atoms with Gasteiger partial charge in [0.2, 0.25) is 5.91 Å². The maximum atomic E-state index is 12.2. The van der Waals surface area contributed by atoms with E-state index in [2.05, 4.69) is 0 Å². The lowest BCUT2D eigenvalue weighted by Gasteiger charge is -2.28. The molecule has 2 atom stereocenters. The number of amides is 1. The van der Waals surface area contributed by atoms with Crippen LogP contribution in [0.2, 0.25) is 0 Å². The average Bonchev–Trinajstić information content (AvgIpc) is 3.05. The van der Waals surface area contributed by atoms with Gasteiger partial charge in [0.05, 0.1) is 5.41 Å². The van der Waals surface area contributed by atoms with Gasteiger partial charge in [0, 0.05) is 32.7 Å². The highest BCUT2D eigenvalue weighted by Crippen LogP contribution is 2.38. The molecule has 2 saturated heterocycles. The van der Waals surface area contributed by atoms with Crippen LogP contribution in [-0.4, -0.2) is 48.2 Å². The van der Waals surface area contributed by atoms with Crippen molar-refractivity contribution in [2.24, 2.45) is 17.3 Å². The van der Waals surface area contributed by atoms with Gasteiger partial charge in [-0.25, -0.2) is 0 Å². The quantitative estimate of drug-likeness (QED) is 0.835. The highest BCUT2D eigenvalue weighted by Gasteiger charge is 2.48. The molecule has 114 valence electrons. The van der Waals surface area contributed by atoms with E-state index in [1.54, 1.807) is 4.90 Å². The van der Waals surface area contributed by atoms with E-state index in [4.69, 9.17) is 4.74 Å². The molecule has 0 spiro atoms. The fourth-order valence-corrected chi connectivity index (χ4v) is 3.24. The van der Waals surface area contributed by atoms with Crippen molar-refractivity contribution in [2.45, 2.75) is 39.5 Å². The van der Waals surface area contributed by atoms with Crippen LogP contribution in [0.5, 0.6) is 0 Å². The minimum atomic E-state index is -0.771. The molecule has 0 bridgehead atoms. The first kappa shape index (κ1) is 15.3. The molecule has 0 radical (unpaired) electrons. The number of nitrogens with zero attached hydrogens (tertiary/aromatic N) is 1. The first-order valence-electron chi connectivity index (χ1n) is 7.54. The summed E-state index contributed by atoms with van der Waals surface area (Å²) in [6, 6.07) is 0. The molecule has 0 aromatic heterocycles. The summed E-state index contributed by atoms with van der Waals surface area (Å²) in [4.78, 5) is 25.5. The third-order valence-electron chi connectivity index (χ3n) is 4.98. The Labute approximate surface area is 120 Å². The number of hydrogen-bond donors (Lipinski definition) is 1. The molecule has 2 fully saturated rings. The van der Waals surface area contributed by atoms with E-state index in [0.717, 1.165) is 26.1 Å². The third-order valence-corrected chi connectivity index (χ3v) is 4.98. The zero-order chi connectivity index (χ0) is 14.8. The van der Waals surface area contributed by atoms with Gasteiger partial charge in [-0.2, -0.15) is 0 Å². The van der Waals surface area contributed by atoms with E-state index < -0.39 is 11.4 Å². The van der Waals surface area contributed by atoms with Gasteiger partial charge in [0.25, 0.3) is 0 Å². The first-order valence-corrected chi connectivity index (χ1v) is 7.54. The van der Waals surface area contributed by atoms with Crippen molar-refractivity contribution in [1.82, 2.24) is 4.90 Å². The number of ether oxygens (including phenoxy) is 1. The summed E-state index contributed by atoms with van der Waals surface area (Å²) in [6.45, 7) is 6.36. The fourth-order valence-electron chi connectivity index (χ4n) is 3.24. The summed E-state index contributed by atoms with van der Waals surface area (Å²) in [5.74, 6) is -0.135. The van der Waals surface area contributed by atoms with E-state index in [-0.39, 0.29) is 11.8 Å². The number of hydrogen-bond acceptors (Lipinski definition) is 3. The normalized spacial score (nSPS) is 30.1. The molecule has 20 heavy (non-hydrogen) atoms. The van der Waals surface area contributed by atoms with Gasteiger partial charge in [-0.3, -0.25) is 9.59 Å². The van der Waals surface area contributed by atoms with Crippen molar-refractivity contribution in [3.63, 3.8) is 0 Å². The van der Waals surface area contributed by atoms with Gasteiger partial charge in [0.1, 0.15) is 0 Å². The first-order chi connectivity index (χ1) is 9.45. The summed E-state index contributed by atoms with van der Waals surface area (Å²) in [5, 5.41) is 9.48. The molecule has 2 heterocycles. The Morgan fingerprint density at radius 2 is 2.20 bits per heavy atom. The molecule has 2 unspecified atom stereocenters. The number of carboxylic acids is 1. The number of rotatable bonds is 5. The third kappa shape index (κ3) is 2.97. The summed E-state index contributed by atoms with van der Waals surface area (Å²) in [5.41, 5.74) is -0.758. The Balaban J connectivity index is 1.87. The number of aliphatic carboxylic acids is 1. The summed E-state index contributed by atoms with van der Waals surface area (Å²) < 4.78 is 5.31. The zero-order valence-corrected chi connectivity index (χ0v) is 12.4. The van der Waals surface area contributed by atoms with Crippen LogP contribution in [0.25, 0.3) is 0 Å². The minimum Gasteiger partial charge on any atom is -0.481 e. The average molecular weight is 283 g/mol. The molecule has 0 saturated carbocycles. The largest absolute Gasteiger partial charge is 0.481 e. The summed E-state index contributed by atoms with van der Waals surface area (Å²) >= 11 is 0. The highest BCUT2D eigenvalue weighted by molar-refractivity contribution is 5.80. The Morgan fingerprint density at radius 1 is 1.45 bits per heavy atom. The molecule has 1 amide bonds. The van der Waals surface area contributed by atoms with Gasteiger partial charge >= 0.3 is 5.97 Å². The number of carboxylic acid groups (broad SMARTS) is 1. The number of carbonyl (C=O) groups is 2. The van der Waals surface area contributed by atoms with Crippen molar-refractivity contribution in [3.8, 4) is 0 Å². The second-order valence-electron chi connectivity index (χ2n) is 6.45. The van der Waals surface area contributed by atoms with Gasteiger partial charge in [-0.05, 0) is 31.1 Å². The predicted molar refractivity (Wildman–Crippen MR) is 74.3 cm³/mol. The molecule has 5 heteroatoms. The van der Waals surface area contributed by atoms with Crippen LogP contribution >= 0.6 is 0 Å². The second kappa shape index (κ2) is 6.12. The monoisotopic (exact) mass is 283 g/mol. The lowest BCUT2D eigenvalue weighted by atomic mass is 9.76. The maximum absolute atomic E-state index is 12.2. The van der Waals surface area contributed by atoms with Crippen molar-refractivity contribution < 1.29 is 19.4 Å². The smallest absolute Gasteiger partial charge is 0.311 e. The van der Waals surface area contributed by atoms with Crippen molar-refractivity contribution in [3.05, 3.63) is 0 Å². The van der Waals surface area contributed by atoms with Gasteiger partial charge < -0.3 is 14.7 Å². The Kier molecular flexibility index (Phi) is 4.68. The minimum absolute atomic E-state index is 0.0426. The lowest BCUT2D eigenvalue weighted by Crippen LogP contribution is -2.40. The Morgan fingerprint density at radius 3 is 2.70 bits per heavy atom. The molecule has 2 rings (SSSR count). The molecule has 0 aromatic rings. The molecule has 2 aliphatic heterocycles. The van der Waals surface area contributed by atoms with Crippen molar-refractivity contribution >= 4 is 11.9 Å². The van der Waals surface area contributed by atoms with E-state index in [0.29, 0.717) is 31.8 Å². The SMILES string of the molecule is CC(C)C1(C(=O)O)CCN(C(=O)CCC2CCOC2)C1. The number of carbonyl (C=O) groups excluding carboxylic acids is 1. The van der Waals surface area contributed by atoms with Crippen LogP contribution in [0.4, 0.5) is 0 Å². The fraction of sp³-hybridized carbons (Fsp3) is 0.867. The van der Waals surface area contributed by atoms with E-state index >= 15 is 0 Å². The van der Waals surface area contributed by atoms with Crippen molar-refractivity contribution in [2.75, 3.05) is 26.3 Å². The molecule has 0 aromatic carbocycles. The topological polar surface area (TPSA) is 66.8 Å². The summed E-state index contributed by atoms with van der Waals surface area (Å²) in [6.07, 6.45) is 2.98. The van der Waals surface area contributed by atoms with Crippen molar-refractivity contribution in [1.29, 1.82) is 0 Å². The second-order valence-corrected chi connectivity index (χ2v) is 6.45. The van der Waals surface area contributed by atoms with Crippen LogP contribution in [-0.2, 0) is 14.3 Å². The molecular weight excluding hydrogens is 258 g/mol. The van der Waals surface area contributed by atoms with Gasteiger partial charge in [-0.15, -0.1) is 0 Å². The van der Waals surface area contributed by atoms with E-state index in [9.17, 15) is 14.7 Å². The maximum Gasteiger partial charge on any atom is 0.311 e. The Bertz CT molecular complexity index is 376. The van der Waals surface area contributed by atoms with Crippen LogP contribution in [0.3, 0.4) is 0 Å². The standard InChI is InChI=1S/C15H25NO4/c1-11(2)15(14(18)19)6-7-16(10-15)13(17)4-3-12-5-8-20-9-12/h11-12H,3-10H2,1-2H3,(H,18,19). The molecule has 0 aliphatic carbocycles.